The summed E-state index contributed by atoms with van der Waals surface area (Å²) in [5, 5.41) is 1.31. The molecule has 5 rings (SSSR count). The molecule has 3 aliphatic rings. The first-order chi connectivity index (χ1) is 16.0. The van der Waals surface area contributed by atoms with Gasteiger partial charge in [0.15, 0.2) is 0 Å². The highest BCUT2D eigenvalue weighted by molar-refractivity contribution is 7.19. The van der Waals surface area contributed by atoms with E-state index in [1.807, 2.05) is 11.3 Å². The fraction of sp³-hybridized carbons (Fsp3) is 0.741. The van der Waals surface area contributed by atoms with Gasteiger partial charge in [-0.25, -0.2) is 9.97 Å². The van der Waals surface area contributed by atoms with Crippen LogP contribution in [0.5, 0.6) is 0 Å². The molecule has 2 fully saturated rings. The van der Waals surface area contributed by atoms with Crippen LogP contribution in [0.15, 0.2) is 0 Å². The van der Waals surface area contributed by atoms with Crippen molar-refractivity contribution in [1.82, 2.24) is 14.9 Å². The highest BCUT2D eigenvalue weighted by Crippen LogP contribution is 2.42. The average molecular weight is 469 g/mol. The van der Waals surface area contributed by atoms with Crippen LogP contribution in [0.2, 0.25) is 0 Å². The van der Waals surface area contributed by atoms with Gasteiger partial charge >= 0.3 is 0 Å². The van der Waals surface area contributed by atoms with Crippen molar-refractivity contribution in [2.45, 2.75) is 90.9 Å². The highest BCUT2D eigenvalue weighted by Gasteiger charge is 2.29. The van der Waals surface area contributed by atoms with Crippen LogP contribution in [0, 0.1) is 11.8 Å². The second-order valence-corrected chi connectivity index (χ2v) is 11.9. The first-order valence-corrected chi connectivity index (χ1v) is 14.2. The minimum absolute atomic E-state index is 0.358. The number of amides is 1. The Kier molecular flexibility index (Phi) is 6.91. The summed E-state index contributed by atoms with van der Waals surface area (Å²) in [7, 11) is 0. The van der Waals surface area contributed by atoms with Crippen LogP contribution in [0.25, 0.3) is 10.2 Å². The molecule has 0 N–H and O–H groups in total. The molecule has 0 unspecified atom stereocenters. The Morgan fingerprint density at radius 1 is 1.12 bits per heavy atom. The number of anilines is 1. The number of aryl methyl sites for hydroxylation is 1. The first-order valence-electron chi connectivity index (χ1n) is 13.4. The van der Waals surface area contributed by atoms with E-state index in [-0.39, 0.29) is 0 Å². The average Bonchev–Trinajstić information content (AvgIpc) is 3.48. The molecule has 1 saturated heterocycles. The summed E-state index contributed by atoms with van der Waals surface area (Å²) in [6.07, 6.45) is 11.8. The molecule has 1 aliphatic heterocycles. The van der Waals surface area contributed by atoms with E-state index < -0.39 is 0 Å². The number of hydrogen-bond donors (Lipinski definition) is 0. The maximum atomic E-state index is 12.9. The molecule has 2 aromatic heterocycles. The molecule has 5 nitrogen and oxygen atoms in total. The number of rotatable bonds is 6. The standard InChI is InChI=1S/C27H40N4OS/c1-4-19(3)25-28-26(24-21-11-9-18(2)17-22(21)33-27(24)29-25)31-15-13-30(14-16-31)23(32)12-10-20-7-5-6-8-20/h18-20H,4-17H2,1-3H3/t18-,19+/m0/s1. The van der Waals surface area contributed by atoms with Gasteiger partial charge in [-0.15, -0.1) is 11.3 Å². The largest absolute Gasteiger partial charge is 0.352 e. The lowest BCUT2D eigenvalue weighted by Crippen LogP contribution is -2.49. The van der Waals surface area contributed by atoms with Gasteiger partial charge in [0.25, 0.3) is 0 Å². The van der Waals surface area contributed by atoms with Gasteiger partial charge in [-0.2, -0.15) is 0 Å². The predicted octanol–water partition coefficient (Wildman–Crippen LogP) is 5.95. The Morgan fingerprint density at radius 2 is 1.88 bits per heavy atom. The van der Waals surface area contributed by atoms with Crippen molar-refractivity contribution in [1.29, 1.82) is 0 Å². The van der Waals surface area contributed by atoms with Gasteiger partial charge < -0.3 is 9.80 Å². The molecule has 1 saturated carbocycles. The van der Waals surface area contributed by atoms with Gasteiger partial charge in [-0.3, -0.25) is 4.79 Å². The maximum absolute atomic E-state index is 12.9. The fourth-order valence-electron chi connectivity index (χ4n) is 5.92. The van der Waals surface area contributed by atoms with Crippen LogP contribution < -0.4 is 4.90 Å². The van der Waals surface area contributed by atoms with Gasteiger partial charge in [-0.1, -0.05) is 46.5 Å². The fourth-order valence-corrected chi connectivity index (χ4v) is 7.31. The SMILES string of the molecule is CC[C@@H](C)c1nc(N2CCN(C(=O)CCC3CCCC3)CC2)c2c3c(sc2n1)C[C@@H](C)CC3. The molecule has 0 radical (unpaired) electrons. The zero-order chi connectivity index (χ0) is 22.9. The van der Waals surface area contributed by atoms with E-state index in [1.54, 1.807) is 0 Å². The summed E-state index contributed by atoms with van der Waals surface area (Å²) in [5.74, 6) is 4.40. The first kappa shape index (κ1) is 23.1. The molecular weight excluding hydrogens is 428 g/mol. The molecule has 6 heteroatoms. The second kappa shape index (κ2) is 9.89. The Labute approximate surface area is 203 Å². The Morgan fingerprint density at radius 3 is 2.61 bits per heavy atom. The van der Waals surface area contributed by atoms with Crippen molar-refractivity contribution >= 4 is 33.3 Å². The van der Waals surface area contributed by atoms with Crippen molar-refractivity contribution in [3.63, 3.8) is 0 Å². The van der Waals surface area contributed by atoms with Crippen LogP contribution in [0.3, 0.4) is 0 Å². The van der Waals surface area contributed by atoms with Crippen molar-refractivity contribution in [3.05, 3.63) is 16.3 Å². The summed E-state index contributed by atoms with van der Waals surface area (Å²) in [5.41, 5.74) is 1.51. The molecule has 33 heavy (non-hydrogen) atoms. The van der Waals surface area contributed by atoms with E-state index in [1.165, 1.54) is 59.2 Å². The molecule has 0 spiro atoms. The monoisotopic (exact) mass is 468 g/mol. The predicted molar refractivity (Wildman–Crippen MR) is 137 cm³/mol. The number of carbonyl (C=O) groups is 1. The normalized spacial score (nSPS) is 22.7. The van der Waals surface area contributed by atoms with Gasteiger partial charge in [0.05, 0.1) is 5.39 Å². The maximum Gasteiger partial charge on any atom is 0.222 e. The number of nitrogens with zero attached hydrogens (tertiary/aromatic N) is 4. The van der Waals surface area contributed by atoms with E-state index >= 15 is 0 Å². The second-order valence-electron chi connectivity index (χ2n) is 10.8. The zero-order valence-electron chi connectivity index (χ0n) is 20.7. The van der Waals surface area contributed by atoms with E-state index in [0.717, 1.165) is 75.3 Å². The Hall–Kier alpha value is -1.69. The van der Waals surface area contributed by atoms with E-state index in [4.69, 9.17) is 9.97 Å². The topological polar surface area (TPSA) is 49.3 Å². The summed E-state index contributed by atoms with van der Waals surface area (Å²) in [6, 6.07) is 0. The van der Waals surface area contributed by atoms with Crippen molar-refractivity contribution in [3.8, 4) is 0 Å². The third-order valence-corrected chi connectivity index (χ3v) is 9.53. The van der Waals surface area contributed by atoms with Gasteiger partial charge in [0, 0.05) is 43.4 Å². The summed E-state index contributed by atoms with van der Waals surface area (Å²) < 4.78 is 0. The van der Waals surface area contributed by atoms with E-state index in [0.29, 0.717) is 11.8 Å². The Balaban J connectivity index is 1.35. The number of hydrogen-bond acceptors (Lipinski definition) is 5. The summed E-state index contributed by atoms with van der Waals surface area (Å²) in [6.45, 7) is 10.2. The molecule has 2 aromatic rings. The summed E-state index contributed by atoms with van der Waals surface area (Å²) >= 11 is 1.91. The highest BCUT2D eigenvalue weighted by atomic mass is 32.1. The van der Waals surface area contributed by atoms with E-state index in [2.05, 4.69) is 30.6 Å². The van der Waals surface area contributed by atoms with Gasteiger partial charge in [-0.05, 0) is 49.5 Å². The molecular formula is C27H40N4OS. The quantitative estimate of drug-likeness (QED) is 0.526. The zero-order valence-corrected chi connectivity index (χ0v) is 21.6. The van der Waals surface area contributed by atoms with Crippen LogP contribution >= 0.6 is 11.3 Å². The van der Waals surface area contributed by atoms with Crippen LogP contribution in [0.1, 0.15) is 94.3 Å². The van der Waals surface area contributed by atoms with Crippen LogP contribution in [0.4, 0.5) is 5.82 Å². The number of fused-ring (bicyclic) bond motifs is 3. The molecule has 0 bridgehead atoms. The van der Waals surface area contributed by atoms with E-state index in [9.17, 15) is 4.79 Å². The van der Waals surface area contributed by atoms with Crippen molar-refractivity contribution in [2.24, 2.45) is 11.8 Å². The Bertz CT molecular complexity index is 988. The molecule has 180 valence electrons. The number of aromatic nitrogens is 2. The summed E-state index contributed by atoms with van der Waals surface area (Å²) in [4.78, 5) is 30.3. The van der Waals surface area contributed by atoms with Crippen molar-refractivity contribution < 1.29 is 4.79 Å². The number of carbonyl (C=O) groups excluding carboxylic acids is 1. The lowest BCUT2D eigenvalue weighted by molar-refractivity contribution is -0.131. The lowest BCUT2D eigenvalue weighted by atomic mass is 9.89. The molecule has 3 heterocycles. The molecule has 1 amide bonds. The number of thiophene rings is 1. The molecule has 0 aromatic carbocycles. The third kappa shape index (κ3) is 4.78. The smallest absolute Gasteiger partial charge is 0.222 e. The van der Waals surface area contributed by atoms with Gasteiger partial charge in [0.1, 0.15) is 16.5 Å². The third-order valence-electron chi connectivity index (χ3n) is 8.38. The van der Waals surface area contributed by atoms with Crippen LogP contribution in [-0.2, 0) is 17.6 Å². The minimum atomic E-state index is 0.358. The minimum Gasteiger partial charge on any atom is -0.352 e. The van der Waals surface area contributed by atoms with Gasteiger partial charge in [0.2, 0.25) is 5.91 Å². The van der Waals surface area contributed by atoms with Crippen LogP contribution in [-0.4, -0.2) is 47.0 Å². The molecule has 2 aliphatic carbocycles. The van der Waals surface area contributed by atoms with Crippen molar-refractivity contribution in [2.75, 3.05) is 31.1 Å². The number of piperazine rings is 1. The molecule has 2 atom stereocenters. The lowest BCUT2D eigenvalue weighted by Gasteiger charge is -2.36.